The third-order valence-corrected chi connectivity index (χ3v) is 4.78. The van der Waals surface area contributed by atoms with E-state index in [2.05, 4.69) is 11.4 Å². The van der Waals surface area contributed by atoms with Crippen LogP contribution in [0.2, 0.25) is 0 Å². The second-order valence-electron chi connectivity index (χ2n) is 6.63. The van der Waals surface area contributed by atoms with Gasteiger partial charge in [-0.3, -0.25) is 4.52 Å². The van der Waals surface area contributed by atoms with Gasteiger partial charge in [0.1, 0.15) is 0 Å². The first-order chi connectivity index (χ1) is 11.1. The molecule has 0 unspecified atom stereocenters. The molecule has 0 fully saturated rings. The average molecular weight is 423 g/mol. The van der Waals surface area contributed by atoms with Gasteiger partial charge in [0.25, 0.3) is 0 Å². The van der Waals surface area contributed by atoms with Gasteiger partial charge < -0.3 is 9.79 Å². The standard InChI is InChI=1S/C18H39O4P.Ga.3H/c1-2-3-4-5-6-7-8-9-10-11-12-13-14-15-16-17-18-22-23(19,20)21;;;;/h2-18H2,1H3,(H2,19,20,21);;;;. The minimum atomic E-state index is -4.26. The summed E-state index contributed by atoms with van der Waals surface area (Å²) in [5.41, 5.74) is 0. The van der Waals surface area contributed by atoms with Gasteiger partial charge in [-0.05, 0) is 6.42 Å². The summed E-state index contributed by atoms with van der Waals surface area (Å²) in [7, 11) is -4.26. The van der Waals surface area contributed by atoms with Gasteiger partial charge in [-0.2, -0.15) is 0 Å². The minimum absolute atomic E-state index is 0. The molecule has 0 aromatic carbocycles. The van der Waals surface area contributed by atoms with Crippen molar-refractivity contribution in [3.05, 3.63) is 0 Å². The van der Waals surface area contributed by atoms with Crippen LogP contribution in [-0.2, 0) is 9.09 Å². The molecule has 0 amide bonds. The number of phosphoric acid groups is 1. The van der Waals surface area contributed by atoms with Gasteiger partial charge in [-0.1, -0.05) is 103 Å². The summed E-state index contributed by atoms with van der Waals surface area (Å²) in [6, 6.07) is 0. The van der Waals surface area contributed by atoms with Crippen molar-refractivity contribution in [1.29, 1.82) is 0 Å². The summed E-state index contributed by atoms with van der Waals surface area (Å²) < 4.78 is 14.9. The molecule has 6 heteroatoms. The molecule has 24 heavy (non-hydrogen) atoms. The van der Waals surface area contributed by atoms with Crippen LogP contribution in [0.15, 0.2) is 0 Å². The average Bonchev–Trinajstić information content (AvgIpc) is 2.49. The van der Waals surface area contributed by atoms with E-state index in [1.807, 2.05) is 0 Å². The van der Waals surface area contributed by atoms with Crippen molar-refractivity contribution in [3.63, 3.8) is 0 Å². The Morgan fingerprint density at radius 3 is 1.21 bits per heavy atom. The van der Waals surface area contributed by atoms with Gasteiger partial charge in [-0.25, -0.2) is 4.57 Å². The third kappa shape index (κ3) is 25.0. The molecule has 0 spiro atoms. The first-order valence-corrected chi connectivity index (χ1v) is 11.3. The van der Waals surface area contributed by atoms with Crippen molar-refractivity contribution in [1.82, 2.24) is 0 Å². The Morgan fingerprint density at radius 2 is 0.917 bits per heavy atom. The van der Waals surface area contributed by atoms with E-state index in [9.17, 15) is 4.57 Å². The molecular weight excluding hydrogens is 381 g/mol. The van der Waals surface area contributed by atoms with Crippen LogP contribution in [0.3, 0.4) is 0 Å². The summed E-state index contributed by atoms with van der Waals surface area (Å²) in [5, 5.41) is 0. The van der Waals surface area contributed by atoms with Crippen LogP contribution >= 0.6 is 7.82 Å². The number of phosphoric ester groups is 1. The van der Waals surface area contributed by atoms with Gasteiger partial charge in [-0.15, -0.1) is 0 Å². The Hall–Kier alpha value is 0.746. The molecule has 0 saturated carbocycles. The fourth-order valence-electron chi connectivity index (χ4n) is 2.83. The van der Waals surface area contributed by atoms with Crippen LogP contribution in [-0.4, -0.2) is 36.2 Å². The quantitative estimate of drug-likeness (QED) is 0.181. The van der Waals surface area contributed by atoms with Gasteiger partial charge in [0.15, 0.2) is 0 Å². The van der Waals surface area contributed by atoms with E-state index in [1.165, 1.54) is 83.5 Å². The Kier molecular flexibility index (Phi) is 22.5. The predicted molar refractivity (Wildman–Crippen MR) is 107 cm³/mol. The van der Waals surface area contributed by atoms with Crippen molar-refractivity contribution < 1.29 is 18.9 Å². The molecule has 0 atom stereocenters. The monoisotopic (exact) mass is 422 g/mol. The first-order valence-electron chi connectivity index (χ1n) is 9.76. The zero-order chi connectivity index (χ0) is 17.2. The summed E-state index contributed by atoms with van der Waals surface area (Å²) >= 11 is 0. The second-order valence-corrected chi connectivity index (χ2v) is 7.87. The number of hydrogen-bond donors (Lipinski definition) is 2. The van der Waals surface area contributed by atoms with Crippen LogP contribution in [0.5, 0.6) is 0 Å². The fraction of sp³-hybridized carbons (Fsp3) is 1.00. The molecule has 0 aliphatic carbocycles. The molecule has 0 aromatic heterocycles. The van der Waals surface area contributed by atoms with E-state index in [0.717, 1.165) is 19.3 Å². The summed E-state index contributed by atoms with van der Waals surface area (Å²) in [4.78, 5) is 17.1. The van der Waals surface area contributed by atoms with Crippen LogP contribution in [0.25, 0.3) is 0 Å². The molecule has 0 aliphatic heterocycles. The van der Waals surface area contributed by atoms with Gasteiger partial charge in [0, 0.05) is 0 Å². The molecule has 0 rings (SSSR count). The number of rotatable bonds is 18. The number of unbranched alkanes of at least 4 members (excludes halogenated alkanes) is 15. The molecule has 2 N–H and O–H groups in total. The molecular formula is C18H42GaO4P. The third-order valence-electron chi connectivity index (χ3n) is 4.26. The van der Waals surface area contributed by atoms with Crippen LogP contribution < -0.4 is 0 Å². The van der Waals surface area contributed by atoms with E-state index in [0.29, 0.717) is 0 Å². The molecule has 4 nitrogen and oxygen atoms in total. The maximum atomic E-state index is 10.5. The molecule has 0 aromatic rings. The van der Waals surface area contributed by atoms with E-state index < -0.39 is 7.82 Å². The van der Waals surface area contributed by atoms with E-state index >= 15 is 0 Å². The Bertz CT molecular complexity index is 284. The molecule has 0 saturated heterocycles. The van der Waals surface area contributed by atoms with E-state index in [4.69, 9.17) is 9.79 Å². The van der Waals surface area contributed by atoms with Gasteiger partial charge in [0.2, 0.25) is 0 Å². The van der Waals surface area contributed by atoms with Crippen molar-refractivity contribution >= 4 is 27.6 Å². The van der Waals surface area contributed by atoms with Crippen molar-refractivity contribution in [2.45, 2.75) is 110 Å². The molecule has 0 bridgehead atoms. The van der Waals surface area contributed by atoms with Gasteiger partial charge >= 0.3 is 27.6 Å². The van der Waals surface area contributed by atoms with Crippen molar-refractivity contribution in [2.75, 3.05) is 6.61 Å². The molecule has 0 heterocycles. The summed E-state index contributed by atoms with van der Waals surface area (Å²) in [5.74, 6) is 0. The Morgan fingerprint density at radius 1 is 0.625 bits per heavy atom. The topological polar surface area (TPSA) is 66.8 Å². The van der Waals surface area contributed by atoms with Crippen molar-refractivity contribution in [2.24, 2.45) is 0 Å². The van der Waals surface area contributed by atoms with Crippen LogP contribution in [0, 0.1) is 0 Å². The number of hydrogen-bond acceptors (Lipinski definition) is 2. The van der Waals surface area contributed by atoms with E-state index in [1.54, 1.807) is 0 Å². The summed E-state index contributed by atoms with van der Waals surface area (Å²) in [6.07, 6.45) is 20.7. The summed E-state index contributed by atoms with van der Waals surface area (Å²) in [6.45, 7) is 2.43. The maximum absolute atomic E-state index is 10.5. The zero-order valence-corrected chi connectivity index (χ0v) is 16.1. The normalized spacial score (nSPS) is 11.5. The van der Waals surface area contributed by atoms with Gasteiger partial charge in [0.05, 0.1) is 6.61 Å². The Balaban J connectivity index is 0. The van der Waals surface area contributed by atoms with Crippen LogP contribution in [0.4, 0.5) is 0 Å². The SMILES string of the molecule is CCCCCCCCCCCCCCCCCCOP(=O)(O)O.[GaH3]. The van der Waals surface area contributed by atoms with Crippen molar-refractivity contribution in [3.8, 4) is 0 Å². The first kappa shape index (κ1) is 27.0. The van der Waals surface area contributed by atoms with Crippen LogP contribution in [0.1, 0.15) is 110 Å². The molecule has 0 aliphatic rings. The second kappa shape index (κ2) is 20.1. The Labute approximate surface area is 162 Å². The molecule has 146 valence electrons. The van der Waals surface area contributed by atoms with E-state index in [-0.39, 0.29) is 26.4 Å². The molecule has 0 radical (unpaired) electrons. The fourth-order valence-corrected chi connectivity index (χ4v) is 3.20. The predicted octanol–water partition coefficient (Wildman–Crippen LogP) is 5.17. The zero-order valence-electron chi connectivity index (χ0n) is 15.2.